The van der Waals surface area contributed by atoms with E-state index in [0.717, 1.165) is 43.7 Å². The Morgan fingerprint density at radius 2 is 1.54 bits per heavy atom. The molecule has 5 rings (SSSR count). The number of rotatable bonds is 16. The molecule has 0 spiro atoms. The molecular formula is C38H38N6O8. The highest BCUT2D eigenvalue weighted by atomic mass is 16.6. The molecule has 1 aliphatic heterocycles. The van der Waals surface area contributed by atoms with Crippen LogP contribution in [0.4, 0.5) is 28.4 Å². The first-order valence-corrected chi connectivity index (χ1v) is 16.8. The van der Waals surface area contributed by atoms with E-state index in [-0.39, 0.29) is 48.9 Å². The van der Waals surface area contributed by atoms with Crippen LogP contribution >= 0.6 is 0 Å². The average molecular weight is 707 g/mol. The minimum absolute atomic E-state index is 0.0228. The van der Waals surface area contributed by atoms with Crippen LogP contribution in [0.25, 0.3) is 0 Å². The summed E-state index contributed by atoms with van der Waals surface area (Å²) < 4.78 is 11.4. The van der Waals surface area contributed by atoms with Crippen LogP contribution in [0.1, 0.15) is 45.5 Å². The summed E-state index contributed by atoms with van der Waals surface area (Å²) in [6.45, 7) is 2.35. The minimum Gasteiger partial charge on any atom is -0.494 e. The number of aliphatic hydroxyl groups excluding tert-OH is 1. The van der Waals surface area contributed by atoms with Crippen LogP contribution in [0.2, 0.25) is 0 Å². The lowest BCUT2D eigenvalue weighted by molar-refractivity contribution is -0.384. The molecule has 52 heavy (non-hydrogen) atoms. The van der Waals surface area contributed by atoms with Crippen LogP contribution in [-0.2, 0) is 4.74 Å². The number of non-ortho nitro benzene ring substituents is 1. The van der Waals surface area contributed by atoms with Crippen molar-refractivity contribution in [2.45, 2.75) is 19.3 Å². The predicted molar refractivity (Wildman–Crippen MR) is 193 cm³/mol. The maximum atomic E-state index is 13.0. The van der Waals surface area contributed by atoms with Gasteiger partial charge in [0.15, 0.2) is 0 Å². The zero-order chi connectivity index (χ0) is 36.9. The molecule has 1 heterocycles. The maximum absolute atomic E-state index is 13.0. The molecule has 1 fully saturated rings. The van der Waals surface area contributed by atoms with E-state index in [9.17, 15) is 29.9 Å². The van der Waals surface area contributed by atoms with E-state index >= 15 is 0 Å². The summed E-state index contributed by atoms with van der Waals surface area (Å²) in [6.07, 6.45) is 2.57. The van der Waals surface area contributed by atoms with Crippen molar-refractivity contribution >= 4 is 40.4 Å². The molecule has 0 amide bonds. The van der Waals surface area contributed by atoms with Gasteiger partial charge in [-0.1, -0.05) is 0 Å². The number of aliphatic hydroxyl groups is 1. The Bertz CT molecular complexity index is 1900. The number of nitro groups is 1. The molecule has 0 saturated carbocycles. The second kappa shape index (κ2) is 18.1. The Labute approximate surface area is 300 Å². The Morgan fingerprint density at radius 1 is 0.904 bits per heavy atom. The van der Waals surface area contributed by atoms with Crippen molar-refractivity contribution in [2.24, 2.45) is 16.1 Å². The fraction of sp³-hybridized carbons (Fsp3) is 0.289. The summed E-state index contributed by atoms with van der Waals surface area (Å²) >= 11 is 0. The topological polar surface area (TPSA) is 191 Å². The smallest absolute Gasteiger partial charge is 0.338 e. The van der Waals surface area contributed by atoms with Crippen molar-refractivity contribution in [3.8, 4) is 11.8 Å². The minimum atomic E-state index is -1.20. The summed E-state index contributed by atoms with van der Waals surface area (Å²) in [7, 11) is 0. The normalized spacial score (nSPS) is 13.0. The number of carboxylic acid groups (broad SMARTS) is 1. The van der Waals surface area contributed by atoms with Gasteiger partial charge in [-0.2, -0.15) is 15.5 Å². The van der Waals surface area contributed by atoms with Crippen molar-refractivity contribution in [3.05, 3.63) is 118 Å². The fourth-order valence-corrected chi connectivity index (χ4v) is 5.80. The van der Waals surface area contributed by atoms with Crippen molar-refractivity contribution < 1.29 is 34.2 Å². The second-order valence-electron chi connectivity index (χ2n) is 12.1. The first-order valence-electron chi connectivity index (χ1n) is 16.8. The molecule has 268 valence electrons. The number of nitrogens with zero attached hydrogens (tertiary/aromatic N) is 6. The van der Waals surface area contributed by atoms with Crippen LogP contribution in [-0.4, -0.2) is 73.1 Å². The van der Waals surface area contributed by atoms with Gasteiger partial charge in [-0.05, 0) is 104 Å². The van der Waals surface area contributed by atoms with Crippen LogP contribution in [0, 0.1) is 27.4 Å². The molecule has 0 bridgehead atoms. The number of hydrogen-bond acceptors (Lipinski definition) is 12. The van der Waals surface area contributed by atoms with Gasteiger partial charge in [0.2, 0.25) is 0 Å². The number of carbonyl (C=O) groups excluding carboxylic acids is 1. The third-order valence-electron chi connectivity index (χ3n) is 8.68. The number of anilines is 2. The molecule has 0 atom stereocenters. The van der Waals surface area contributed by atoms with Gasteiger partial charge < -0.3 is 29.5 Å². The van der Waals surface area contributed by atoms with Crippen molar-refractivity contribution in [1.82, 2.24) is 0 Å². The van der Waals surface area contributed by atoms with E-state index in [1.54, 1.807) is 48.5 Å². The van der Waals surface area contributed by atoms with Gasteiger partial charge in [-0.15, -0.1) is 0 Å². The first-order chi connectivity index (χ1) is 25.2. The first kappa shape index (κ1) is 36.9. The monoisotopic (exact) mass is 706 g/mol. The molecule has 14 nitrogen and oxygen atoms in total. The Balaban J connectivity index is 1.11. The lowest BCUT2D eigenvalue weighted by Crippen LogP contribution is -2.34. The van der Waals surface area contributed by atoms with Gasteiger partial charge in [0.25, 0.3) is 5.69 Å². The number of hydrogen-bond donors (Lipinski definition) is 2. The standard InChI is InChI=1S/C38H38N6O8/c39-26-28-1-3-31(4-2-28)40-41-32-5-7-33(8-6-32)43(18-20-45)19-22-52-38(48)30-23-29(37(46)47)24-36(25-30)51-21-15-27-13-16-42(17-14-27)34-9-11-35(12-10-34)44(49)50/h1-12,23-25,27,45H,13-22H2,(H,46,47). The van der Waals surface area contributed by atoms with Gasteiger partial charge in [-0.25, -0.2) is 9.59 Å². The molecule has 2 N–H and O–H groups in total. The molecule has 1 aliphatic rings. The Kier molecular flexibility index (Phi) is 12.8. The van der Waals surface area contributed by atoms with E-state index in [1.165, 1.54) is 30.3 Å². The number of carboxylic acids is 1. The van der Waals surface area contributed by atoms with E-state index in [1.807, 2.05) is 17.0 Å². The number of aromatic carboxylic acids is 1. The SMILES string of the molecule is N#Cc1ccc(N=Nc2ccc(N(CCO)CCOC(=O)c3cc(OCCC4CCN(c5ccc([N+](=O)[O-])cc5)CC4)cc(C(=O)O)c3)cc2)cc1. The van der Waals surface area contributed by atoms with Gasteiger partial charge in [0.1, 0.15) is 12.4 Å². The van der Waals surface area contributed by atoms with Crippen molar-refractivity contribution in [3.63, 3.8) is 0 Å². The van der Waals surface area contributed by atoms with E-state index in [0.29, 0.717) is 29.5 Å². The molecule has 4 aromatic rings. The molecule has 1 saturated heterocycles. The predicted octanol–water partition coefficient (Wildman–Crippen LogP) is 6.92. The molecule has 0 aliphatic carbocycles. The number of azo groups is 1. The number of ether oxygens (including phenoxy) is 2. The summed E-state index contributed by atoms with van der Waals surface area (Å²) in [5.74, 6) is -1.26. The van der Waals surface area contributed by atoms with Crippen LogP contribution in [0.15, 0.2) is 101 Å². The summed E-state index contributed by atoms with van der Waals surface area (Å²) in [5.41, 5.74) is 3.47. The van der Waals surface area contributed by atoms with Crippen molar-refractivity contribution in [2.75, 3.05) is 55.8 Å². The number of piperidine rings is 1. The van der Waals surface area contributed by atoms with Gasteiger partial charge in [0.05, 0.1) is 58.8 Å². The van der Waals surface area contributed by atoms with E-state index in [4.69, 9.17) is 14.7 Å². The molecule has 0 aromatic heterocycles. The summed E-state index contributed by atoms with van der Waals surface area (Å²) in [4.78, 5) is 39.4. The Morgan fingerprint density at radius 3 is 2.13 bits per heavy atom. The van der Waals surface area contributed by atoms with Gasteiger partial charge >= 0.3 is 11.9 Å². The lowest BCUT2D eigenvalue weighted by atomic mass is 9.93. The number of carbonyl (C=O) groups is 2. The fourth-order valence-electron chi connectivity index (χ4n) is 5.80. The van der Waals surface area contributed by atoms with E-state index in [2.05, 4.69) is 21.2 Å². The van der Waals surface area contributed by atoms with Gasteiger partial charge in [0, 0.05) is 43.1 Å². The summed E-state index contributed by atoms with van der Waals surface area (Å²) in [5, 5.41) is 47.6. The number of esters is 1. The summed E-state index contributed by atoms with van der Waals surface area (Å²) in [6, 6.07) is 26.6. The largest absolute Gasteiger partial charge is 0.494 e. The highest BCUT2D eigenvalue weighted by Crippen LogP contribution is 2.28. The third kappa shape index (κ3) is 10.3. The van der Waals surface area contributed by atoms with Crippen molar-refractivity contribution in [1.29, 1.82) is 5.26 Å². The zero-order valence-corrected chi connectivity index (χ0v) is 28.3. The molecule has 0 radical (unpaired) electrons. The van der Waals surface area contributed by atoms with E-state index < -0.39 is 16.9 Å². The number of nitro benzene ring substituents is 1. The molecular weight excluding hydrogens is 668 g/mol. The highest BCUT2D eigenvalue weighted by Gasteiger charge is 2.21. The Hall–Kier alpha value is -6.33. The average Bonchev–Trinajstić information content (AvgIpc) is 3.17. The quantitative estimate of drug-likeness (QED) is 0.0532. The third-order valence-corrected chi connectivity index (χ3v) is 8.68. The molecule has 4 aromatic carbocycles. The van der Waals surface area contributed by atoms with Gasteiger partial charge in [-0.3, -0.25) is 10.1 Å². The van der Waals surface area contributed by atoms with Crippen LogP contribution in [0.3, 0.4) is 0 Å². The lowest BCUT2D eigenvalue weighted by Gasteiger charge is -2.33. The van der Waals surface area contributed by atoms with Crippen LogP contribution in [0.5, 0.6) is 5.75 Å². The maximum Gasteiger partial charge on any atom is 0.338 e. The molecule has 0 unspecified atom stereocenters. The number of nitriles is 1. The number of benzene rings is 4. The molecule has 14 heteroatoms. The van der Waals surface area contributed by atoms with Crippen LogP contribution < -0.4 is 14.5 Å². The highest BCUT2D eigenvalue weighted by molar-refractivity contribution is 5.95. The second-order valence-corrected chi connectivity index (χ2v) is 12.1. The zero-order valence-electron chi connectivity index (χ0n) is 28.3.